The van der Waals surface area contributed by atoms with Crippen LogP contribution >= 0.6 is 0 Å². The highest BCUT2D eigenvalue weighted by Crippen LogP contribution is 2.57. The van der Waals surface area contributed by atoms with Crippen molar-refractivity contribution in [2.45, 2.75) is 12.3 Å². The topological polar surface area (TPSA) is 12.5 Å². The molecule has 2 aliphatic rings. The number of hydrogen-bond donors (Lipinski definition) is 0. The number of fused-ring (bicyclic) bond motifs is 5. The van der Waals surface area contributed by atoms with Gasteiger partial charge in [0.25, 0.3) is 0 Å². The van der Waals surface area contributed by atoms with Gasteiger partial charge in [-0.15, -0.1) is 0 Å². The Kier molecular flexibility index (Phi) is 9.33. The van der Waals surface area contributed by atoms with Crippen LogP contribution in [0.1, 0.15) is 23.6 Å². The first kappa shape index (κ1) is 39.6. The van der Waals surface area contributed by atoms with Gasteiger partial charge < -0.3 is 9.64 Å². The van der Waals surface area contributed by atoms with E-state index >= 15 is 0 Å². The van der Waals surface area contributed by atoms with E-state index in [-0.39, 0.29) is 5.41 Å². The van der Waals surface area contributed by atoms with E-state index in [1.54, 1.807) is 0 Å². The van der Waals surface area contributed by atoms with E-state index in [2.05, 4.69) is 267 Å². The van der Waals surface area contributed by atoms with Crippen molar-refractivity contribution in [3.05, 3.63) is 271 Å². The Balaban J connectivity index is 0.968. The summed E-state index contributed by atoms with van der Waals surface area (Å²) in [5.74, 6) is 1.78. The normalized spacial score (nSPS) is 14.1. The third-order valence-electron chi connectivity index (χ3n) is 14.4. The second-order valence-electron chi connectivity index (χ2n) is 18.1. The number of nitrogens with zero attached hydrogens (tertiary/aromatic N) is 1. The SMILES string of the molecule is CC1(c2ccccc2)c2ccccc2-c2c(N(c3ccc(-c4ccc(-c5ccccc5)c(-c5ccccc5)c4)cc3)c3cccc(-c4ccc5c(c4)-c4cccc6cccc(c46)O5)c3)cccc21. The number of benzene rings is 11. The monoisotopic (exact) mass is 867 g/mol. The molecule has 320 valence electrons. The molecule has 0 radical (unpaired) electrons. The summed E-state index contributed by atoms with van der Waals surface area (Å²) in [6, 6.07) is 92.8. The molecule has 0 aromatic heterocycles. The molecule has 0 saturated heterocycles. The van der Waals surface area contributed by atoms with Gasteiger partial charge in [-0.2, -0.15) is 0 Å². The van der Waals surface area contributed by atoms with E-state index in [1.807, 2.05) is 0 Å². The van der Waals surface area contributed by atoms with Crippen LogP contribution in [-0.2, 0) is 5.41 Å². The first-order valence-electron chi connectivity index (χ1n) is 23.5. The lowest BCUT2D eigenvalue weighted by atomic mass is 9.74. The van der Waals surface area contributed by atoms with Gasteiger partial charge in [-0.1, -0.05) is 200 Å². The number of rotatable bonds is 8. The van der Waals surface area contributed by atoms with Crippen molar-refractivity contribution in [3.8, 4) is 78.3 Å². The van der Waals surface area contributed by atoms with E-state index in [4.69, 9.17) is 4.74 Å². The van der Waals surface area contributed by atoms with Crippen LogP contribution in [0, 0.1) is 0 Å². The van der Waals surface area contributed by atoms with Crippen LogP contribution in [0.25, 0.3) is 77.5 Å². The number of anilines is 3. The maximum Gasteiger partial charge on any atom is 0.135 e. The van der Waals surface area contributed by atoms with Crippen molar-refractivity contribution in [1.82, 2.24) is 0 Å². The third-order valence-corrected chi connectivity index (χ3v) is 14.4. The van der Waals surface area contributed by atoms with Gasteiger partial charge in [-0.25, -0.2) is 0 Å². The molecule has 1 aliphatic carbocycles. The second kappa shape index (κ2) is 16.0. The molecule has 0 spiro atoms. The Morgan fingerprint density at radius 3 is 1.71 bits per heavy atom. The zero-order valence-electron chi connectivity index (χ0n) is 37.6. The molecule has 11 aromatic rings. The lowest BCUT2D eigenvalue weighted by Crippen LogP contribution is -2.22. The summed E-state index contributed by atoms with van der Waals surface area (Å²) in [6.45, 7) is 2.39. The highest BCUT2D eigenvalue weighted by molar-refractivity contribution is 6.05. The van der Waals surface area contributed by atoms with E-state index < -0.39 is 0 Å². The summed E-state index contributed by atoms with van der Waals surface area (Å²) in [5.41, 5.74) is 21.1. The molecule has 1 atom stereocenters. The molecule has 0 saturated carbocycles. The molecule has 68 heavy (non-hydrogen) atoms. The molecule has 1 aliphatic heterocycles. The van der Waals surface area contributed by atoms with Crippen molar-refractivity contribution >= 4 is 27.8 Å². The van der Waals surface area contributed by atoms with E-state index in [9.17, 15) is 0 Å². The maximum atomic E-state index is 6.53. The fraction of sp³-hybridized carbons (Fsp3) is 0.0303. The van der Waals surface area contributed by atoms with Crippen LogP contribution in [0.4, 0.5) is 17.1 Å². The molecule has 2 heteroatoms. The van der Waals surface area contributed by atoms with E-state index in [0.717, 1.165) is 56.2 Å². The van der Waals surface area contributed by atoms with Crippen molar-refractivity contribution in [1.29, 1.82) is 0 Å². The standard InChI is InChI=1S/C66H45NO/c1-66(51-24-9-4-10-25-51)59-29-12-11-27-56(59)65-60(66)30-16-31-61(65)67(52-37-33-44(34-38-52)49-35-39-54(45-17-5-2-6-18-45)57(42-49)46-19-7-3-8-20-46)53-26-13-23-48(41-53)50-36-40-62-58(43-50)55-28-14-21-47-22-15-32-63(68-62)64(47)55/h2-43H,1H3. The Morgan fingerprint density at radius 1 is 0.338 bits per heavy atom. The van der Waals surface area contributed by atoms with Gasteiger partial charge in [0.2, 0.25) is 0 Å². The summed E-state index contributed by atoms with van der Waals surface area (Å²) >= 11 is 0. The van der Waals surface area contributed by atoms with Gasteiger partial charge in [-0.3, -0.25) is 0 Å². The largest absolute Gasteiger partial charge is 0.456 e. The highest BCUT2D eigenvalue weighted by Gasteiger charge is 2.42. The molecule has 11 aromatic carbocycles. The molecule has 0 amide bonds. The van der Waals surface area contributed by atoms with Crippen LogP contribution in [0.3, 0.4) is 0 Å². The predicted molar refractivity (Wildman–Crippen MR) is 283 cm³/mol. The lowest BCUT2D eigenvalue weighted by molar-refractivity contribution is 0.487. The molecule has 0 bridgehead atoms. The third kappa shape index (κ3) is 6.41. The highest BCUT2D eigenvalue weighted by atomic mass is 16.5. The number of hydrogen-bond acceptors (Lipinski definition) is 2. The Bertz CT molecular complexity index is 3700. The smallest absolute Gasteiger partial charge is 0.135 e. The van der Waals surface area contributed by atoms with Gasteiger partial charge >= 0.3 is 0 Å². The van der Waals surface area contributed by atoms with Crippen LogP contribution in [0.2, 0.25) is 0 Å². The summed E-state index contributed by atoms with van der Waals surface area (Å²) in [6.07, 6.45) is 0. The van der Waals surface area contributed by atoms with Crippen LogP contribution in [0.15, 0.2) is 255 Å². The number of ether oxygens (including phenoxy) is 1. The first-order chi connectivity index (χ1) is 33.6. The average Bonchev–Trinajstić information content (AvgIpc) is 3.68. The van der Waals surface area contributed by atoms with Gasteiger partial charge in [0.05, 0.1) is 5.69 Å². The second-order valence-corrected chi connectivity index (χ2v) is 18.1. The minimum absolute atomic E-state index is 0.338. The Hall–Kier alpha value is -8.72. The molecule has 1 heterocycles. The Morgan fingerprint density at radius 2 is 0.912 bits per heavy atom. The zero-order chi connectivity index (χ0) is 45.2. The summed E-state index contributed by atoms with van der Waals surface area (Å²) < 4.78 is 6.53. The molecule has 13 rings (SSSR count). The Labute approximate surface area is 397 Å². The minimum Gasteiger partial charge on any atom is -0.456 e. The van der Waals surface area contributed by atoms with Crippen LogP contribution < -0.4 is 9.64 Å². The molecule has 0 N–H and O–H groups in total. The zero-order valence-corrected chi connectivity index (χ0v) is 37.6. The molecular formula is C66H45NO. The maximum absolute atomic E-state index is 6.53. The van der Waals surface area contributed by atoms with Crippen LogP contribution in [0.5, 0.6) is 11.5 Å². The van der Waals surface area contributed by atoms with Gasteiger partial charge in [-0.05, 0) is 139 Å². The van der Waals surface area contributed by atoms with Crippen molar-refractivity contribution < 1.29 is 4.74 Å². The molecule has 1 unspecified atom stereocenters. The lowest BCUT2D eigenvalue weighted by Gasteiger charge is -2.31. The molecule has 2 nitrogen and oxygen atoms in total. The predicted octanol–water partition coefficient (Wildman–Crippen LogP) is 18.1. The quantitative estimate of drug-likeness (QED) is 0.151. The van der Waals surface area contributed by atoms with Gasteiger partial charge in [0.1, 0.15) is 11.5 Å². The summed E-state index contributed by atoms with van der Waals surface area (Å²) in [5, 5.41) is 2.34. The average molecular weight is 868 g/mol. The summed E-state index contributed by atoms with van der Waals surface area (Å²) in [7, 11) is 0. The van der Waals surface area contributed by atoms with Crippen LogP contribution in [-0.4, -0.2) is 0 Å². The van der Waals surface area contributed by atoms with Gasteiger partial charge in [0.15, 0.2) is 0 Å². The van der Waals surface area contributed by atoms with Crippen molar-refractivity contribution in [2.75, 3.05) is 4.90 Å². The van der Waals surface area contributed by atoms with E-state index in [0.29, 0.717) is 0 Å². The first-order valence-corrected chi connectivity index (χ1v) is 23.5. The fourth-order valence-corrected chi connectivity index (χ4v) is 11.0. The molecular weight excluding hydrogens is 823 g/mol. The fourth-order valence-electron chi connectivity index (χ4n) is 11.0. The van der Waals surface area contributed by atoms with Crippen molar-refractivity contribution in [3.63, 3.8) is 0 Å². The van der Waals surface area contributed by atoms with Gasteiger partial charge in [0, 0.05) is 33.3 Å². The van der Waals surface area contributed by atoms with E-state index in [1.165, 1.54) is 66.6 Å². The molecule has 0 fully saturated rings. The summed E-state index contributed by atoms with van der Waals surface area (Å²) in [4.78, 5) is 2.46. The van der Waals surface area contributed by atoms with Crippen molar-refractivity contribution in [2.24, 2.45) is 0 Å². The minimum atomic E-state index is -0.338.